The van der Waals surface area contributed by atoms with E-state index in [1.807, 2.05) is 53.7 Å². The van der Waals surface area contributed by atoms with Gasteiger partial charge in [0.05, 0.1) is 6.54 Å². The minimum absolute atomic E-state index is 0.283. The molecule has 0 N–H and O–H groups in total. The van der Waals surface area contributed by atoms with Gasteiger partial charge in [-0.15, -0.1) is 0 Å². The summed E-state index contributed by atoms with van der Waals surface area (Å²) in [5.41, 5.74) is 1.63. The Bertz CT molecular complexity index is 1130. The van der Waals surface area contributed by atoms with Crippen molar-refractivity contribution in [1.82, 2.24) is 14.9 Å². The first kappa shape index (κ1) is 24.8. The zero-order chi connectivity index (χ0) is 25.7. The topological polar surface area (TPSA) is 92.2 Å². The normalized spacial score (nSPS) is 26.8. The van der Waals surface area contributed by atoms with Crippen molar-refractivity contribution in [3.05, 3.63) is 47.4 Å². The van der Waals surface area contributed by atoms with Crippen LogP contribution in [-0.2, 0) is 27.2 Å². The third-order valence-corrected chi connectivity index (χ3v) is 6.54. The summed E-state index contributed by atoms with van der Waals surface area (Å²) in [5, 5.41) is 0. The lowest BCUT2D eigenvalue weighted by Crippen LogP contribution is -2.40. The molecule has 194 valence electrons. The minimum atomic E-state index is -0.746. The zero-order valence-corrected chi connectivity index (χ0v) is 21.8. The fraction of sp³-hybridized carbons (Fsp3) is 0.593. The highest BCUT2D eigenvalue weighted by Gasteiger charge is 2.56. The molecule has 1 aromatic carbocycles. The van der Waals surface area contributed by atoms with Crippen molar-refractivity contribution in [3.8, 4) is 11.6 Å². The molecule has 1 saturated heterocycles. The lowest BCUT2D eigenvalue weighted by Gasteiger charge is -2.32. The Labute approximate surface area is 212 Å². The fourth-order valence-electron chi connectivity index (χ4n) is 5.08. The van der Waals surface area contributed by atoms with E-state index in [1.165, 1.54) is 5.56 Å². The van der Waals surface area contributed by atoms with Gasteiger partial charge in [0, 0.05) is 30.8 Å². The van der Waals surface area contributed by atoms with E-state index >= 15 is 0 Å². The molecule has 0 spiro atoms. The molecule has 9 heteroatoms. The third-order valence-electron chi connectivity index (χ3n) is 6.54. The number of rotatable bonds is 4. The predicted octanol–water partition coefficient (Wildman–Crippen LogP) is 4.20. The number of fused-ring (bicyclic) bond motifs is 2. The summed E-state index contributed by atoms with van der Waals surface area (Å²) in [5.74, 6) is 1.15. The summed E-state index contributed by atoms with van der Waals surface area (Å²) in [6.07, 6.45) is 1.53. The van der Waals surface area contributed by atoms with E-state index in [0.717, 1.165) is 17.7 Å². The first-order valence-corrected chi connectivity index (χ1v) is 12.5. The predicted molar refractivity (Wildman–Crippen MR) is 131 cm³/mol. The van der Waals surface area contributed by atoms with E-state index in [9.17, 15) is 4.79 Å². The second-order valence-corrected chi connectivity index (χ2v) is 11.1. The van der Waals surface area contributed by atoms with Crippen LogP contribution in [0.15, 0.2) is 30.5 Å². The highest BCUT2D eigenvalue weighted by atomic mass is 16.8. The monoisotopic (exact) mass is 497 g/mol. The summed E-state index contributed by atoms with van der Waals surface area (Å²) < 4.78 is 30.9. The van der Waals surface area contributed by atoms with E-state index in [0.29, 0.717) is 31.2 Å². The van der Waals surface area contributed by atoms with E-state index in [1.54, 1.807) is 17.2 Å². The van der Waals surface area contributed by atoms with E-state index < -0.39 is 11.4 Å². The maximum atomic E-state index is 12.7. The number of ether oxygens (including phenoxy) is 5. The summed E-state index contributed by atoms with van der Waals surface area (Å²) in [6, 6.07) is 7.79. The van der Waals surface area contributed by atoms with Crippen LogP contribution in [0.4, 0.5) is 4.79 Å². The van der Waals surface area contributed by atoms with Gasteiger partial charge in [-0.2, -0.15) is 4.98 Å². The largest absolute Gasteiger partial charge is 0.487 e. The molecule has 0 bridgehead atoms. The van der Waals surface area contributed by atoms with E-state index in [2.05, 4.69) is 16.0 Å². The molecule has 0 unspecified atom stereocenters. The van der Waals surface area contributed by atoms with Gasteiger partial charge < -0.3 is 28.6 Å². The number of carbonyl (C=O) groups is 1. The van der Waals surface area contributed by atoms with Crippen LogP contribution in [0.1, 0.15) is 58.0 Å². The molecule has 4 atom stereocenters. The second kappa shape index (κ2) is 9.19. The van der Waals surface area contributed by atoms with Gasteiger partial charge in [-0.25, -0.2) is 9.78 Å². The molecule has 1 aromatic heterocycles. The number of aromatic nitrogens is 2. The summed E-state index contributed by atoms with van der Waals surface area (Å²) in [4.78, 5) is 23.0. The maximum Gasteiger partial charge on any atom is 0.410 e. The Morgan fingerprint density at radius 1 is 1.11 bits per heavy atom. The molecule has 2 aliphatic heterocycles. The van der Waals surface area contributed by atoms with Crippen molar-refractivity contribution in [2.24, 2.45) is 0 Å². The van der Waals surface area contributed by atoms with Gasteiger partial charge in [-0.05, 0) is 59.6 Å². The molecule has 5 rings (SSSR count). The van der Waals surface area contributed by atoms with Gasteiger partial charge in [0.1, 0.15) is 41.6 Å². The Morgan fingerprint density at radius 2 is 1.83 bits per heavy atom. The van der Waals surface area contributed by atoms with Crippen LogP contribution in [0, 0.1) is 6.92 Å². The molecule has 3 heterocycles. The summed E-state index contributed by atoms with van der Waals surface area (Å²) in [6.45, 7) is 12.3. The summed E-state index contributed by atoms with van der Waals surface area (Å²) >= 11 is 0. The maximum absolute atomic E-state index is 12.7. The van der Waals surface area contributed by atoms with Gasteiger partial charge in [-0.3, -0.25) is 0 Å². The zero-order valence-electron chi connectivity index (χ0n) is 21.8. The van der Waals surface area contributed by atoms with Crippen LogP contribution < -0.4 is 9.47 Å². The minimum Gasteiger partial charge on any atom is -0.487 e. The van der Waals surface area contributed by atoms with Crippen molar-refractivity contribution < 1.29 is 28.5 Å². The van der Waals surface area contributed by atoms with E-state index in [-0.39, 0.29) is 30.5 Å². The number of hydrogen-bond acceptors (Lipinski definition) is 8. The van der Waals surface area contributed by atoms with Crippen LogP contribution in [0.25, 0.3) is 0 Å². The smallest absolute Gasteiger partial charge is 0.410 e. The lowest BCUT2D eigenvalue weighted by molar-refractivity contribution is -0.168. The molecule has 1 aliphatic carbocycles. The van der Waals surface area contributed by atoms with Gasteiger partial charge in [-0.1, -0.05) is 12.1 Å². The molecule has 2 aromatic rings. The van der Waals surface area contributed by atoms with Gasteiger partial charge in [0.15, 0.2) is 5.79 Å². The van der Waals surface area contributed by atoms with E-state index in [4.69, 9.17) is 23.7 Å². The van der Waals surface area contributed by atoms with Crippen LogP contribution in [-0.4, -0.2) is 63.3 Å². The molecule has 2 fully saturated rings. The number of hydrogen-bond donors (Lipinski definition) is 0. The van der Waals surface area contributed by atoms with Crippen LogP contribution in [0.3, 0.4) is 0 Å². The standard InChI is InChI=1S/C27H35N3O6/c1-16-28-12-10-22(29-16)33-21-14-20(23-24(21)35-27(5,6)34-23)32-19-9-7-8-17-11-13-30(15-18(17)19)25(31)36-26(2,3)4/h7-10,12,20-21,23-24H,11,13-15H2,1-6H3/t20-,21+,23+,24-/m0/s1. The highest BCUT2D eigenvalue weighted by Crippen LogP contribution is 2.42. The van der Waals surface area contributed by atoms with Crippen molar-refractivity contribution in [1.29, 1.82) is 0 Å². The molecule has 0 radical (unpaired) electrons. The average molecular weight is 498 g/mol. The first-order chi connectivity index (χ1) is 17.0. The van der Waals surface area contributed by atoms with Crippen molar-refractivity contribution in [3.63, 3.8) is 0 Å². The molecule has 1 amide bonds. The first-order valence-electron chi connectivity index (χ1n) is 12.5. The quantitative estimate of drug-likeness (QED) is 0.621. The Hall–Kier alpha value is -2.91. The molecular formula is C27H35N3O6. The molecule has 3 aliphatic rings. The Morgan fingerprint density at radius 3 is 2.53 bits per heavy atom. The molecule has 9 nitrogen and oxygen atoms in total. The number of nitrogens with zero attached hydrogens (tertiary/aromatic N) is 3. The van der Waals surface area contributed by atoms with Crippen molar-refractivity contribution in [2.45, 2.75) is 96.7 Å². The van der Waals surface area contributed by atoms with Gasteiger partial charge in [0.25, 0.3) is 0 Å². The Kier molecular flexibility index (Phi) is 6.32. The number of carbonyl (C=O) groups excluding carboxylic acids is 1. The van der Waals surface area contributed by atoms with Gasteiger partial charge >= 0.3 is 6.09 Å². The van der Waals surface area contributed by atoms with Crippen molar-refractivity contribution in [2.75, 3.05) is 6.54 Å². The second-order valence-electron chi connectivity index (χ2n) is 11.1. The average Bonchev–Trinajstić information content (AvgIpc) is 3.26. The fourth-order valence-corrected chi connectivity index (χ4v) is 5.08. The lowest BCUT2D eigenvalue weighted by atomic mass is 9.99. The van der Waals surface area contributed by atoms with Crippen molar-refractivity contribution >= 4 is 6.09 Å². The number of amides is 1. The molecule has 1 saturated carbocycles. The molecule has 36 heavy (non-hydrogen) atoms. The Balaban J connectivity index is 1.35. The van der Waals surface area contributed by atoms with Crippen LogP contribution in [0.2, 0.25) is 0 Å². The molecular weight excluding hydrogens is 462 g/mol. The summed E-state index contributed by atoms with van der Waals surface area (Å²) in [7, 11) is 0. The number of aryl methyl sites for hydroxylation is 1. The van der Waals surface area contributed by atoms with Gasteiger partial charge in [0.2, 0.25) is 5.88 Å². The van der Waals surface area contributed by atoms with Crippen LogP contribution in [0.5, 0.6) is 11.6 Å². The third kappa shape index (κ3) is 5.27. The van der Waals surface area contributed by atoms with Crippen LogP contribution >= 0.6 is 0 Å². The SMILES string of the molecule is Cc1nccc(O[C@@H]2C[C@H](Oc3cccc4c3CN(C(=O)OC(C)(C)C)CC4)[C@H]3OC(C)(C)O[C@H]32)n1. The number of benzene rings is 1. The highest BCUT2D eigenvalue weighted by molar-refractivity contribution is 5.69.